The quantitative estimate of drug-likeness (QED) is 0.487. The van der Waals surface area contributed by atoms with Crippen molar-refractivity contribution in [1.29, 1.82) is 0 Å². The first-order valence-corrected chi connectivity index (χ1v) is 5.80. The van der Waals surface area contributed by atoms with Gasteiger partial charge in [-0.2, -0.15) is 0 Å². The van der Waals surface area contributed by atoms with Crippen molar-refractivity contribution in [3.8, 4) is 0 Å². The van der Waals surface area contributed by atoms with Crippen LogP contribution in [0.25, 0.3) is 0 Å². The molecule has 0 heterocycles. The van der Waals surface area contributed by atoms with E-state index in [0.29, 0.717) is 12.0 Å². The van der Waals surface area contributed by atoms with Gasteiger partial charge >= 0.3 is 5.97 Å². The molecule has 15 heavy (non-hydrogen) atoms. The summed E-state index contributed by atoms with van der Waals surface area (Å²) in [6.45, 7) is 10.0. The third-order valence-electron chi connectivity index (χ3n) is 2.70. The lowest BCUT2D eigenvalue weighted by atomic mass is 9.81. The van der Waals surface area contributed by atoms with Crippen molar-refractivity contribution in [2.75, 3.05) is 0 Å². The molecule has 0 rings (SSSR count). The van der Waals surface area contributed by atoms with Crippen molar-refractivity contribution >= 4 is 5.97 Å². The predicted molar refractivity (Wildman–Crippen MR) is 63.9 cm³/mol. The molecular weight excluding hydrogens is 188 g/mol. The summed E-state index contributed by atoms with van der Waals surface area (Å²) in [5.41, 5.74) is 0.402. The maximum absolute atomic E-state index is 10.7. The van der Waals surface area contributed by atoms with E-state index in [0.717, 1.165) is 6.42 Å². The summed E-state index contributed by atoms with van der Waals surface area (Å²) in [5.74, 6) is -0.864. The van der Waals surface area contributed by atoms with E-state index in [2.05, 4.69) is 27.4 Å². The monoisotopic (exact) mass is 212 g/mol. The van der Waals surface area contributed by atoms with Crippen molar-refractivity contribution in [1.82, 2.24) is 0 Å². The molecule has 1 N–H and O–H groups in total. The zero-order valence-corrected chi connectivity index (χ0v) is 10.3. The first-order valence-electron chi connectivity index (χ1n) is 5.80. The highest BCUT2D eigenvalue weighted by molar-refractivity contribution is 5.85. The molecule has 0 unspecified atom stereocenters. The Labute approximate surface area is 93.4 Å². The standard InChI is InChI=1S/C13H24O2/c1-5-6-7-8-9-13(3,4)10-11(2)12(14)15/h2,5-10H2,1,3-4H3,(H,14,15). The highest BCUT2D eigenvalue weighted by Gasteiger charge is 2.21. The molecular formula is C13H24O2. The van der Waals surface area contributed by atoms with Gasteiger partial charge in [0.15, 0.2) is 0 Å². The molecule has 0 aliphatic heterocycles. The van der Waals surface area contributed by atoms with Crippen LogP contribution in [0.15, 0.2) is 12.2 Å². The molecule has 0 atom stereocenters. The first kappa shape index (κ1) is 14.2. The molecule has 2 heteroatoms. The number of carbonyl (C=O) groups is 1. The lowest BCUT2D eigenvalue weighted by Crippen LogP contribution is -2.15. The molecule has 0 aromatic rings. The molecule has 0 aliphatic rings. The van der Waals surface area contributed by atoms with Crippen LogP contribution in [0.5, 0.6) is 0 Å². The Morgan fingerprint density at radius 1 is 1.27 bits per heavy atom. The number of rotatable bonds is 8. The van der Waals surface area contributed by atoms with Crippen LogP contribution in [0.1, 0.15) is 59.3 Å². The maximum atomic E-state index is 10.7. The molecule has 88 valence electrons. The third-order valence-corrected chi connectivity index (χ3v) is 2.70. The Hall–Kier alpha value is -0.790. The van der Waals surface area contributed by atoms with Crippen LogP contribution in [-0.4, -0.2) is 11.1 Å². The molecule has 0 fully saturated rings. The van der Waals surface area contributed by atoms with Gasteiger partial charge in [-0.05, 0) is 18.3 Å². The van der Waals surface area contributed by atoms with Crippen molar-refractivity contribution in [3.05, 3.63) is 12.2 Å². The zero-order chi connectivity index (χ0) is 11.9. The van der Waals surface area contributed by atoms with Gasteiger partial charge in [0.25, 0.3) is 0 Å². The second-order valence-corrected chi connectivity index (χ2v) is 5.06. The smallest absolute Gasteiger partial charge is 0.330 e. The molecule has 0 bridgehead atoms. The second-order valence-electron chi connectivity index (χ2n) is 5.06. The molecule has 0 aromatic heterocycles. The molecule has 0 amide bonds. The van der Waals surface area contributed by atoms with Gasteiger partial charge in [-0.25, -0.2) is 4.79 Å². The fraction of sp³-hybridized carbons (Fsp3) is 0.769. The van der Waals surface area contributed by atoms with Gasteiger partial charge in [0.2, 0.25) is 0 Å². The number of carboxylic acids is 1. The summed E-state index contributed by atoms with van der Waals surface area (Å²) in [5, 5.41) is 8.76. The van der Waals surface area contributed by atoms with Crippen LogP contribution >= 0.6 is 0 Å². The minimum atomic E-state index is -0.864. The van der Waals surface area contributed by atoms with Gasteiger partial charge in [-0.1, -0.05) is 53.0 Å². The number of hydrogen-bond acceptors (Lipinski definition) is 1. The summed E-state index contributed by atoms with van der Waals surface area (Å²) in [6.07, 6.45) is 6.62. The van der Waals surface area contributed by atoms with Gasteiger partial charge in [0.1, 0.15) is 0 Å². The lowest BCUT2D eigenvalue weighted by Gasteiger charge is -2.24. The number of carboxylic acid groups (broad SMARTS) is 1. The third kappa shape index (κ3) is 7.18. The molecule has 0 radical (unpaired) electrons. The molecule has 0 saturated heterocycles. The predicted octanol–water partition coefficient (Wildman–Crippen LogP) is 4.01. The Morgan fingerprint density at radius 2 is 1.87 bits per heavy atom. The summed E-state index contributed by atoms with van der Waals surface area (Å²) >= 11 is 0. The van der Waals surface area contributed by atoms with E-state index in [1.165, 1.54) is 25.7 Å². The molecule has 2 nitrogen and oxygen atoms in total. The lowest BCUT2D eigenvalue weighted by molar-refractivity contribution is -0.133. The highest BCUT2D eigenvalue weighted by Crippen LogP contribution is 2.30. The van der Waals surface area contributed by atoms with Crippen LogP contribution < -0.4 is 0 Å². The van der Waals surface area contributed by atoms with E-state index in [-0.39, 0.29) is 5.41 Å². The van der Waals surface area contributed by atoms with Crippen LogP contribution in [0.4, 0.5) is 0 Å². The fourth-order valence-electron chi connectivity index (χ4n) is 1.77. The molecule has 0 aliphatic carbocycles. The normalized spacial score (nSPS) is 11.4. The summed E-state index contributed by atoms with van der Waals surface area (Å²) in [6, 6.07) is 0. The van der Waals surface area contributed by atoms with Gasteiger partial charge in [0, 0.05) is 5.57 Å². The Bertz CT molecular complexity index is 217. The zero-order valence-electron chi connectivity index (χ0n) is 10.3. The largest absolute Gasteiger partial charge is 0.478 e. The van der Waals surface area contributed by atoms with Gasteiger partial charge in [-0.15, -0.1) is 0 Å². The van der Waals surface area contributed by atoms with E-state index in [9.17, 15) is 4.79 Å². The Morgan fingerprint density at radius 3 is 2.33 bits per heavy atom. The molecule has 0 spiro atoms. The van der Waals surface area contributed by atoms with E-state index < -0.39 is 5.97 Å². The van der Waals surface area contributed by atoms with E-state index >= 15 is 0 Å². The van der Waals surface area contributed by atoms with E-state index in [1.807, 2.05) is 0 Å². The Kier molecular flexibility index (Phi) is 6.30. The summed E-state index contributed by atoms with van der Waals surface area (Å²) in [4.78, 5) is 10.7. The molecule has 0 saturated carbocycles. The number of unbranched alkanes of at least 4 members (excludes halogenated alkanes) is 3. The van der Waals surface area contributed by atoms with E-state index in [4.69, 9.17) is 5.11 Å². The van der Waals surface area contributed by atoms with Crippen molar-refractivity contribution < 1.29 is 9.90 Å². The van der Waals surface area contributed by atoms with E-state index in [1.54, 1.807) is 0 Å². The second kappa shape index (κ2) is 6.65. The van der Waals surface area contributed by atoms with Gasteiger partial charge in [-0.3, -0.25) is 0 Å². The maximum Gasteiger partial charge on any atom is 0.330 e. The van der Waals surface area contributed by atoms with Crippen molar-refractivity contribution in [2.24, 2.45) is 5.41 Å². The van der Waals surface area contributed by atoms with Crippen LogP contribution in [-0.2, 0) is 4.79 Å². The highest BCUT2D eigenvalue weighted by atomic mass is 16.4. The Balaban J connectivity index is 3.86. The number of aliphatic carboxylic acids is 1. The van der Waals surface area contributed by atoms with Crippen molar-refractivity contribution in [3.63, 3.8) is 0 Å². The fourth-order valence-corrected chi connectivity index (χ4v) is 1.77. The summed E-state index contributed by atoms with van der Waals surface area (Å²) < 4.78 is 0. The van der Waals surface area contributed by atoms with Crippen molar-refractivity contribution in [2.45, 2.75) is 59.3 Å². The number of hydrogen-bond donors (Lipinski definition) is 1. The minimum Gasteiger partial charge on any atom is -0.478 e. The SMILES string of the molecule is C=C(CC(C)(C)CCCCCC)C(=O)O. The summed E-state index contributed by atoms with van der Waals surface area (Å²) in [7, 11) is 0. The molecule has 0 aromatic carbocycles. The van der Waals surface area contributed by atoms with Gasteiger partial charge < -0.3 is 5.11 Å². The first-order chi connectivity index (χ1) is 6.89. The average Bonchev–Trinajstić information content (AvgIpc) is 2.11. The minimum absolute atomic E-state index is 0.0726. The van der Waals surface area contributed by atoms with Crippen LogP contribution in [0.3, 0.4) is 0 Å². The van der Waals surface area contributed by atoms with Crippen LogP contribution in [0, 0.1) is 5.41 Å². The van der Waals surface area contributed by atoms with Gasteiger partial charge in [0.05, 0.1) is 0 Å². The topological polar surface area (TPSA) is 37.3 Å². The average molecular weight is 212 g/mol. The van der Waals surface area contributed by atoms with Crippen LogP contribution in [0.2, 0.25) is 0 Å².